The minimum absolute atomic E-state index is 0.116. The minimum atomic E-state index is -0.449. The highest BCUT2D eigenvalue weighted by Crippen LogP contribution is 2.25. The highest BCUT2D eigenvalue weighted by molar-refractivity contribution is 6.08. The number of fused-ring (bicyclic) bond motifs is 1. The Morgan fingerprint density at radius 2 is 1.85 bits per heavy atom. The number of likely N-dealkylation sites (tertiary alicyclic amines) is 1. The average molecular weight is 345 g/mol. The molecule has 1 aliphatic rings. The molecule has 2 heterocycles. The van der Waals surface area contributed by atoms with Crippen LogP contribution in [0.2, 0.25) is 0 Å². The van der Waals surface area contributed by atoms with Gasteiger partial charge >= 0.3 is 0 Å². The number of hydrogen-bond donors (Lipinski definition) is 1. The highest BCUT2D eigenvalue weighted by atomic mass is 16.2. The number of aromatic nitrogens is 1. The molecule has 0 saturated carbocycles. The Kier molecular flexibility index (Phi) is 4.35. The number of pyridine rings is 1. The summed E-state index contributed by atoms with van der Waals surface area (Å²) in [6.07, 6.45) is 3.21. The molecule has 2 amide bonds. The fraction of sp³-hybridized carbons (Fsp3) is 0.190. The number of benzene rings is 2. The molecule has 130 valence electrons. The van der Waals surface area contributed by atoms with Crippen LogP contribution in [-0.4, -0.2) is 34.3 Å². The number of rotatable bonds is 3. The van der Waals surface area contributed by atoms with Gasteiger partial charge in [-0.2, -0.15) is 0 Å². The second kappa shape index (κ2) is 6.96. The lowest BCUT2D eigenvalue weighted by Crippen LogP contribution is -2.43. The Morgan fingerprint density at radius 1 is 1.00 bits per heavy atom. The molecular weight excluding hydrogens is 326 g/mol. The maximum atomic E-state index is 13.1. The summed E-state index contributed by atoms with van der Waals surface area (Å²) in [5.74, 6) is -0.255. The molecule has 1 fully saturated rings. The van der Waals surface area contributed by atoms with Crippen molar-refractivity contribution in [1.82, 2.24) is 9.88 Å². The maximum Gasteiger partial charge on any atom is 0.255 e. The van der Waals surface area contributed by atoms with Crippen molar-refractivity contribution in [3.63, 3.8) is 0 Å². The monoisotopic (exact) mass is 345 g/mol. The molecule has 0 spiro atoms. The average Bonchev–Trinajstić information content (AvgIpc) is 3.18. The van der Waals surface area contributed by atoms with Crippen LogP contribution in [0.5, 0.6) is 0 Å². The lowest BCUT2D eigenvalue weighted by atomic mass is 10.1. The SMILES string of the molecule is O=C(Nc1ccccc1)[C@H]1CCCN1C(=O)c1cccc2ncccc12. The molecule has 0 radical (unpaired) electrons. The summed E-state index contributed by atoms with van der Waals surface area (Å²) in [4.78, 5) is 31.8. The van der Waals surface area contributed by atoms with Crippen LogP contribution in [0.1, 0.15) is 23.2 Å². The van der Waals surface area contributed by atoms with Crippen molar-refractivity contribution in [3.05, 3.63) is 72.4 Å². The van der Waals surface area contributed by atoms with E-state index < -0.39 is 6.04 Å². The van der Waals surface area contributed by atoms with Crippen molar-refractivity contribution in [2.75, 3.05) is 11.9 Å². The van der Waals surface area contributed by atoms with Crippen molar-refractivity contribution in [1.29, 1.82) is 0 Å². The molecule has 1 atom stereocenters. The lowest BCUT2D eigenvalue weighted by Gasteiger charge is -2.24. The van der Waals surface area contributed by atoms with E-state index in [1.165, 1.54) is 0 Å². The second-order valence-corrected chi connectivity index (χ2v) is 6.39. The summed E-state index contributed by atoms with van der Waals surface area (Å²) < 4.78 is 0. The van der Waals surface area contributed by atoms with E-state index in [4.69, 9.17) is 0 Å². The molecule has 1 N–H and O–H groups in total. The third-order valence-corrected chi connectivity index (χ3v) is 4.73. The number of amides is 2. The summed E-state index contributed by atoms with van der Waals surface area (Å²) in [7, 11) is 0. The van der Waals surface area contributed by atoms with Crippen molar-refractivity contribution in [2.24, 2.45) is 0 Å². The molecule has 5 heteroatoms. The predicted molar refractivity (Wildman–Crippen MR) is 101 cm³/mol. The van der Waals surface area contributed by atoms with E-state index in [0.29, 0.717) is 18.5 Å². The maximum absolute atomic E-state index is 13.1. The minimum Gasteiger partial charge on any atom is -0.327 e. The smallest absolute Gasteiger partial charge is 0.255 e. The van der Waals surface area contributed by atoms with Gasteiger partial charge in [-0.1, -0.05) is 30.3 Å². The quantitative estimate of drug-likeness (QED) is 0.790. The molecule has 5 nitrogen and oxygen atoms in total. The van der Waals surface area contributed by atoms with Crippen LogP contribution in [-0.2, 0) is 4.79 Å². The van der Waals surface area contributed by atoms with Gasteiger partial charge in [-0.3, -0.25) is 14.6 Å². The highest BCUT2D eigenvalue weighted by Gasteiger charge is 2.35. The Morgan fingerprint density at radius 3 is 2.69 bits per heavy atom. The summed E-state index contributed by atoms with van der Waals surface area (Å²) in [5, 5.41) is 3.73. The first-order valence-corrected chi connectivity index (χ1v) is 8.75. The predicted octanol–water partition coefficient (Wildman–Crippen LogP) is 3.48. The van der Waals surface area contributed by atoms with Crippen molar-refractivity contribution < 1.29 is 9.59 Å². The number of carbonyl (C=O) groups excluding carboxylic acids is 2. The third-order valence-electron chi connectivity index (χ3n) is 4.73. The van der Waals surface area contributed by atoms with Gasteiger partial charge in [-0.25, -0.2) is 0 Å². The van der Waals surface area contributed by atoms with Crippen LogP contribution in [0.25, 0.3) is 10.9 Å². The fourth-order valence-electron chi connectivity index (χ4n) is 3.47. The molecule has 3 aromatic rings. The zero-order valence-corrected chi connectivity index (χ0v) is 14.3. The second-order valence-electron chi connectivity index (χ2n) is 6.39. The van der Waals surface area contributed by atoms with E-state index in [0.717, 1.165) is 23.0 Å². The third kappa shape index (κ3) is 3.04. The van der Waals surface area contributed by atoms with Crippen molar-refractivity contribution >= 4 is 28.4 Å². The van der Waals surface area contributed by atoms with Gasteiger partial charge in [0.05, 0.1) is 5.52 Å². The van der Waals surface area contributed by atoms with Gasteiger partial charge in [-0.15, -0.1) is 0 Å². The normalized spacial score (nSPS) is 16.6. The van der Waals surface area contributed by atoms with Gasteiger partial charge in [-0.05, 0) is 43.2 Å². The molecule has 2 aromatic carbocycles. The summed E-state index contributed by atoms with van der Waals surface area (Å²) >= 11 is 0. The first-order valence-electron chi connectivity index (χ1n) is 8.75. The Bertz CT molecular complexity index is 950. The number of nitrogens with one attached hydrogen (secondary N) is 1. The molecule has 0 unspecified atom stereocenters. The summed E-state index contributed by atoms with van der Waals surface area (Å²) in [6, 6.07) is 18.1. The van der Waals surface area contributed by atoms with Crippen LogP contribution in [0, 0.1) is 0 Å². The van der Waals surface area contributed by atoms with Crippen molar-refractivity contribution in [3.8, 4) is 0 Å². The van der Waals surface area contributed by atoms with E-state index in [2.05, 4.69) is 10.3 Å². The zero-order valence-electron chi connectivity index (χ0n) is 14.3. The first-order chi connectivity index (χ1) is 12.7. The van der Waals surface area contributed by atoms with Crippen molar-refractivity contribution in [2.45, 2.75) is 18.9 Å². The van der Waals surface area contributed by atoms with E-state index in [-0.39, 0.29) is 11.8 Å². The summed E-state index contributed by atoms with van der Waals surface area (Å²) in [5.41, 5.74) is 2.11. The molecule has 0 aliphatic carbocycles. The molecule has 4 rings (SSSR count). The molecular formula is C21H19N3O2. The number of carbonyl (C=O) groups is 2. The van der Waals surface area contributed by atoms with E-state index >= 15 is 0 Å². The molecule has 1 aromatic heterocycles. The number of anilines is 1. The van der Waals surface area contributed by atoms with E-state index in [1.807, 2.05) is 54.6 Å². The Hall–Kier alpha value is -3.21. The number of para-hydroxylation sites is 1. The standard InChI is InChI=1S/C21H19N3O2/c25-20(23-15-7-2-1-3-8-15)19-12-6-14-24(19)21(26)17-9-4-11-18-16(17)10-5-13-22-18/h1-5,7-11,13,19H,6,12,14H2,(H,23,25)/t19-/m1/s1. The van der Waals surface area contributed by atoms with Gasteiger partial charge in [0.25, 0.3) is 5.91 Å². The summed E-state index contributed by atoms with van der Waals surface area (Å²) in [6.45, 7) is 0.586. The fourth-order valence-corrected chi connectivity index (χ4v) is 3.47. The van der Waals surface area contributed by atoms with E-state index in [1.54, 1.807) is 17.2 Å². The zero-order chi connectivity index (χ0) is 17.9. The van der Waals surface area contributed by atoms with Crippen LogP contribution < -0.4 is 5.32 Å². The van der Waals surface area contributed by atoms with Gasteiger partial charge in [0.15, 0.2) is 0 Å². The lowest BCUT2D eigenvalue weighted by molar-refractivity contribution is -0.119. The van der Waals surface area contributed by atoms with Crippen LogP contribution in [0.15, 0.2) is 66.9 Å². The Balaban J connectivity index is 1.59. The topological polar surface area (TPSA) is 62.3 Å². The van der Waals surface area contributed by atoms with Gasteiger partial charge in [0.1, 0.15) is 6.04 Å². The molecule has 1 saturated heterocycles. The molecule has 0 bridgehead atoms. The first kappa shape index (κ1) is 16.3. The van der Waals surface area contributed by atoms with Crippen LogP contribution in [0.3, 0.4) is 0 Å². The van der Waals surface area contributed by atoms with Crippen LogP contribution in [0.4, 0.5) is 5.69 Å². The number of nitrogens with zero attached hydrogens (tertiary/aromatic N) is 2. The largest absolute Gasteiger partial charge is 0.327 e. The molecule has 26 heavy (non-hydrogen) atoms. The van der Waals surface area contributed by atoms with Crippen LogP contribution >= 0.6 is 0 Å². The van der Waals surface area contributed by atoms with Gasteiger partial charge < -0.3 is 10.2 Å². The Labute approximate surface area is 151 Å². The molecule has 1 aliphatic heterocycles. The van der Waals surface area contributed by atoms with E-state index in [9.17, 15) is 9.59 Å². The van der Waals surface area contributed by atoms with Gasteiger partial charge in [0.2, 0.25) is 5.91 Å². The van der Waals surface area contributed by atoms with Gasteiger partial charge in [0, 0.05) is 29.4 Å². The number of hydrogen-bond acceptors (Lipinski definition) is 3.